The van der Waals surface area contributed by atoms with Crippen LogP contribution in [0.4, 0.5) is 5.69 Å². The quantitative estimate of drug-likeness (QED) is 0.303. The van der Waals surface area contributed by atoms with Gasteiger partial charge in [0.1, 0.15) is 6.04 Å². The average molecular weight is 513 g/mol. The van der Waals surface area contributed by atoms with Crippen LogP contribution in [0.5, 0.6) is 0 Å². The van der Waals surface area contributed by atoms with Gasteiger partial charge in [0.2, 0.25) is 5.91 Å². The highest BCUT2D eigenvalue weighted by molar-refractivity contribution is 9.10. The van der Waals surface area contributed by atoms with Crippen LogP contribution in [0.3, 0.4) is 0 Å². The molecule has 0 saturated heterocycles. The molecule has 4 rings (SSSR count). The van der Waals surface area contributed by atoms with Crippen LogP contribution in [-0.2, 0) is 17.6 Å². The highest BCUT2D eigenvalue weighted by Gasteiger charge is 2.23. The Morgan fingerprint density at radius 1 is 0.735 bits per heavy atom. The van der Waals surface area contributed by atoms with Crippen LogP contribution < -0.4 is 10.6 Å². The molecule has 170 valence electrons. The van der Waals surface area contributed by atoms with E-state index in [2.05, 4.69) is 38.7 Å². The van der Waals surface area contributed by atoms with Gasteiger partial charge in [-0.2, -0.15) is 0 Å². The fourth-order valence-corrected chi connectivity index (χ4v) is 4.16. The van der Waals surface area contributed by atoms with Crippen LogP contribution in [-0.4, -0.2) is 17.9 Å². The van der Waals surface area contributed by atoms with Gasteiger partial charge >= 0.3 is 0 Å². The molecule has 1 unspecified atom stereocenters. The number of rotatable bonds is 8. The smallest absolute Gasteiger partial charge is 0.251 e. The van der Waals surface area contributed by atoms with E-state index in [0.717, 1.165) is 26.9 Å². The first-order chi connectivity index (χ1) is 16.6. The van der Waals surface area contributed by atoms with Gasteiger partial charge in [-0.1, -0.05) is 101 Å². The molecule has 4 aromatic rings. The minimum Gasteiger partial charge on any atom is -0.340 e. The fraction of sp³-hybridized carbons (Fsp3) is 0.103. The number of hydrogen-bond donors (Lipinski definition) is 2. The maximum absolute atomic E-state index is 13.4. The summed E-state index contributed by atoms with van der Waals surface area (Å²) in [6.07, 6.45) is 1.08. The summed E-state index contributed by atoms with van der Waals surface area (Å²) in [6, 6.07) is 34.0. The monoisotopic (exact) mass is 512 g/mol. The zero-order valence-electron chi connectivity index (χ0n) is 18.6. The van der Waals surface area contributed by atoms with Gasteiger partial charge in [-0.05, 0) is 47.4 Å². The Kier molecular flexibility index (Phi) is 7.89. The highest BCUT2D eigenvalue weighted by Crippen LogP contribution is 2.20. The Labute approximate surface area is 208 Å². The first kappa shape index (κ1) is 23.5. The van der Waals surface area contributed by atoms with Crippen molar-refractivity contribution < 1.29 is 9.59 Å². The largest absolute Gasteiger partial charge is 0.340 e. The molecule has 0 aliphatic carbocycles. The van der Waals surface area contributed by atoms with E-state index < -0.39 is 6.04 Å². The Bertz CT molecular complexity index is 1260. The van der Waals surface area contributed by atoms with Gasteiger partial charge in [0, 0.05) is 22.1 Å². The number of halogens is 1. The predicted octanol–water partition coefficient (Wildman–Crippen LogP) is 6.02. The second-order valence-electron chi connectivity index (χ2n) is 8.03. The van der Waals surface area contributed by atoms with E-state index in [1.165, 1.54) is 0 Å². The molecule has 0 spiro atoms. The summed E-state index contributed by atoms with van der Waals surface area (Å²) in [5.41, 5.74) is 4.37. The standard InChI is InChI=1S/C29H25BrN2O2/c30-25-16-9-15-24(20-25)28(33)32-27(19-22-12-5-2-6-13-22)29(34)31-26-17-8-7-14-23(26)18-21-10-3-1-4-11-21/h1-17,20,27H,18-19H2,(H,31,34)(H,32,33). The fourth-order valence-electron chi connectivity index (χ4n) is 3.76. The van der Waals surface area contributed by atoms with Crippen molar-refractivity contribution in [2.24, 2.45) is 0 Å². The van der Waals surface area contributed by atoms with Gasteiger partial charge in [-0.25, -0.2) is 0 Å². The molecule has 0 fully saturated rings. The third-order valence-corrected chi connectivity index (χ3v) is 6.00. The summed E-state index contributed by atoms with van der Waals surface area (Å²) in [6.45, 7) is 0. The van der Waals surface area contributed by atoms with Crippen molar-refractivity contribution in [3.63, 3.8) is 0 Å². The molecule has 1 atom stereocenters. The SMILES string of the molecule is O=C(NC(Cc1ccccc1)C(=O)Nc1ccccc1Cc1ccccc1)c1cccc(Br)c1. The van der Waals surface area contributed by atoms with Crippen LogP contribution in [0.2, 0.25) is 0 Å². The van der Waals surface area contributed by atoms with E-state index in [4.69, 9.17) is 0 Å². The number of amides is 2. The zero-order valence-corrected chi connectivity index (χ0v) is 20.2. The lowest BCUT2D eigenvalue weighted by Gasteiger charge is -2.20. The molecule has 34 heavy (non-hydrogen) atoms. The van der Waals surface area contributed by atoms with Crippen molar-refractivity contribution in [1.82, 2.24) is 5.32 Å². The summed E-state index contributed by atoms with van der Waals surface area (Å²) < 4.78 is 0.805. The minimum atomic E-state index is -0.737. The van der Waals surface area contributed by atoms with Gasteiger partial charge in [0.25, 0.3) is 5.91 Å². The first-order valence-corrected chi connectivity index (χ1v) is 11.9. The molecular weight excluding hydrogens is 488 g/mol. The van der Waals surface area contributed by atoms with E-state index in [-0.39, 0.29) is 11.8 Å². The van der Waals surface area contributed by atoms with E-state index in [1.54, 1.807) is 18.2 Å². The van der Waals surface area contributed by atoms with Crippen LogP contribution >= 0.6 is 15.9 Å². The molecule has 0 aliphatic rings. The van der Waals surface area contributed by atoms with Gasteiger partial charge in [0.15, 0.2) is 0 Å². The molecule has 2 N–H and O–H groups in total. The topological polar surface area (TPSA) is 58.2 Å². The number of carbonyl (C=O) groups is 2. The summed E-state index contributed by atoms with van der Waals surface area (Å²) in [5.74, 6) is -0.553. The molecule has 4 aromatic carbocycles. The number of hydrogen-bond acceptors (Lipinski definition) is 2. The van der Waals surface area contributed by atoms with Crippen LogP contribution in [0.15, 0.2) is 114 Å². The summed E-state index contributed by atoms with van der Waals surface area (Å²) in [4.78, 5) is 26.4. The van der Waals surface area contributed by atoms with Crippen molar-refractivity contribution in [2.45, 2.75) is 18.9 Å². The van der Waals surface area contributed by atoms with Crippen molar-refractivity contribution in [3.8, 4) is 0 Å². The summed E-state index contributed by atoms with van der Waals surface area (Å²) in [7, 11) is 0. The maximum atomic E-state index is 13.4. The lowest BCUT2D eigenvalue weighted by molar-refractivity contribution is -0.118. The third-order valence-electron chi connectivity index (χ3n) is 5.50. The van der Waals surface area contributed by atoms with Gasteiger partial charge in [-0.15, -0.1) is 0 Å². The lowest BCUT2D eigenvalue weighted by Crippen LogP contribution is -2.45. The molecule has 4 nitrogen and oxygen atoms in total. The molecule has 0 heterocycles. The van der Waals surface area contributed by atoms with Crippen LogP contribution in [0.1, 0.15) is 27.0 Å². The second kappa shape index (κ2) is 11.4. The third kappa shape index (κ3) is 6.42. The van der Waals surface area contributed by atoms with Crippen molar-refractivity contribution in [3.05, 3.63) is 136 Å². The Morgan fingerprint density at radius 2 is 1.38 bits per heavy atom. The number of carbonyl (C=O) groups excluding carboxylic acids is 2. The molecular formula is C29H25BrN2O2. The molecule has 0 radical (unpaired) electrons. The van der Waals surface area contributed by atoms with Gasteiger partial charge < -0.3 is 10.6 Å². The molecule has 0 bridgehead atoms. The molecule has 0 aromatic heterocycles. The Balaban J connectivity index is 1.55. The number of benzene rings is 4. The molecule has 5 heteroatoms. The molecule has 0 saturated carbocycles. The van der Waals surface area contributed by atoms with Gasteiger partial charge in [-0.3, -0.25) is 9.59 Å². The van der Waals surface area contributed by atoms with E-state index >= 15 is 0 Å². The predicted molar refractivity (Wildman–Crippen MR) is 140 cm³/mol. The molecule has 0 aliphatic heterocycles. The zero-order chi connectivity index (χ0) is 23.8. The van der Waals surface area contributed by atoms with E-state index in [9.17, 15) is 9.59 Å². The van der Waals surface area contributed by atoms with Crippen molar-refractivity contribution in [1.29, 1.82) is 0 Å². The maximum Gasteiger partial charge on any atom is 0.251 e. The minimum absolute atomic E-state index is 0.257. The Hall–Kier alpha value is -3.70. The first-order valence-electron chi connectivity index (χ1n) is 11.1. The number of para-hydroxylation sites is 1. The highest BCUT2D eigenvalue weighted by atomic mass is 79.9. The molecule has 2 amide bonds. The average Bonchev–Trinajstić information content (AvgIpc) is 2.86. The second-order valence-corrected chi connectivity index (χ2v) is 8.95. The van der Waals surface area contributed by atoms with Gasteiger partial charge in [0.05, 0.1) is 0 Å². The lowest BCUT2D eigenvalue weighted by atomic mass is 10.0. The van der Waals surface area contributed by atoms with E-state index in [1.807, 2.05) is 78.9 Å². The summed E-state index contributed by atoms with van der Waals surface area (Å²) >= 11 is 3.40. The van der Waals surface area contributed by atoms with Crippen LogP contribution in [0, 0.1) is 0 Å². The number of nitrogens with one attached hydrogen (secondary N) is 2. The van der Waals surface area contributed by atoms with Crippen molar-refractivity contribution >= 4 is 33.4 Å². The van der Waals surface area contributed by atoms with Crippen molar-refractivity contribution in [2.75, 3.05) is 5.32 Å². The number of anilines is 1. The van der Waals surface area contributed by atoms with Crippen LogP contribution in [0.25, 0.3) is 0 Å². The normalized spacial score (nSPS) is 11.4. The Morgan fingerprint density at radius 3 is 2.09 bits per heavy atom. The van der Waals surface area contributed by atoms with E-state index in [0.29, 0.717) is 18.4 Å². The summed E-state index contributed by atoms with van der Waals surface area (Å²) in [5, 5.41) is 5.98.